The summed E-state index contributed by atoms with van der Waals surface area (Å²) in [7, 11) is 0. The summed E-state index contributed by atoms with van der Waals surface area (Å²) >= 11 is 0. The number of anilines is 1. The van der Waals surface area contributed by atoms with E-state index in [1.807, 2.05) is 0 Å². The van der Waals surface area contributed by atoms with Gasteiger partial charge in [0.2, 0.25) is 5.91 Å². The summed E-state index contributed by atoms with van der Waals surface area (Å²) in [4.78, 5) is 13.5. The van der Waals surface area contributed by atoms with Crippen molar-refractivity contribution in [3.8, 4) is 0 Å². The molecule has 1 atom stereocenters. The zero-order valence-corrected chi connectivity index (χ0v) is 11.8. The van der Waals surface area contributed by atoms with E-state index in [0.29, 0.717) is 12.6 Å². The summed E-state index contributed by atoms with van der Waals surface area (Å²) in [6.07, 6.45) is 1.14. The average molecular weight is 261 g/mol. The number of nitrogens with zero attached hydrogens (tertiary/aromatic N) is 1. The van der Waals surface area contributed by atoms with Crippen molar-refractivity contribution < 1.29 is 4.79 Å². The van der Waals surface area contributed by atoms with Gasteiger partial charge in [-0.15, -0.1) is 0 Å². The molecule has 0 spiro atoms. The van der Waals surface area contributed by atoms with E-state index in [0.717, 1.165) is 31.7 Å². The van der Waals surface area contributed by atoms with Gasteiger partial charge in [-0.1, -0.05) is 19.1 Å². The van der Waals surface area contributed by atoms with Crippen molar-refractivity contribution in [2.75, 3.05) is 31.1 Å². The van der Waals surface area contributed by atoms with Crippen LogP contribution in [0.15, 0.2) is 24.3 Å². The highest BCUT2D eigenvalue weighted by molar-refractivity contribution is 5.82. The van der Waals surface area contributed by atoms with E-state index < -0.39 is 0 Å². The first-order valence-electron chi connectivity index (χ1n) is 7.05. The average Bonchev–Trinajstić information content (AvgIpc) is 2.45. The Hall–Kier alpha value is -1.55. The molecule has 1 aromatic carbocycles. The standard InChI is InChI=1S/C15H23N3O/c1-3-8-16-12(2)13-4-6-14(7-5-13)18-10-9-17-15(19)11-18/h4-7,12,16H,3,8-11H2,1-2H3,(H,17,19). The molecule has 1 aliphatic heterocycles. The molecule has 1 amide bonds. The molecule has 1 heterocycles. The number of benzene rings is 1. The lowest BCUT2D eigenvalue weighted by Gasteiger charge is -2.29. The Bertz CT molecular complexity index is 416. The zero-order valence-electron chi connectivity index (χ0n) is 11.8. The molecule has 0 saturated carbocycles. The van der Waals surface area contributed by atoms with Gasteiger partial charge in [0.25, 0.3) is 0 Å². The number of hydrogen-bond acceptors (Lipinski definition) is 3. The third kappa shape index (κ3) is 3.70. The second-order valence-corrected chi connectivity index (χ2v) is 5.04. The van der Waals surface area contributed by atoms with E-state index in [1.54, 1.807) is 0 Å². The van der Waals surface area contributed by atoms with Crippen LogP contribution in [0.5, 0.6) is 0 Å². The first kappa shape index (κ1) is 13.9. The number of hydrogen-bond donors (Lipinski definition) is 2. The van der Waals surface area contributed by atoms with Crippen molar-refractivity contribution in [3.63, 3.8) is 0 Å². The van der Waals surface area contributed by atoms with E-state index in [1.165, 1.54) is 5.56 Å². The monoisotopic (exact) mass is 261 g/mol. The zero-order chi connectivity index (χ0) is 13.7. The fourth-order valence-electron chi connectivity index (χ4n) is 2.31. The van der Waals surface area contributed by atoms with Crippen LogP contribution in [0, 0.1) is 0 Å². The van der Waals surface area contributed by atoms with Crippen LogP contribution in [-0.2, 0) is 4.79 Å². The molecule has 0 aromatic heterocycles. The Morgan fingerprint density at radius 1 is 1.37 bits per heavy atom. The molecule has 1 fully saturated rings. The largest absolute Gasteiger partial charge is 0.360 e. The Labute approximate surface area is 115 Å². The lowest BCUT2D eigenvalue weighted by Crippen LogP contribution is -2.47. The Morgan fingerprint density at radius 2 is 2.11 bits per heavy atom. The lowest BCUT2D eigenvalue weighted by molar-refractivity contribution is -0.120. The first-order valence-corrected chi connectivity index (χ1v) is 7.05. The number of nitrogens with one attached hydrogen (secondary N) is 2. The highest BCUT2D eigenvalue weighted by Crippen LogP contribution is 2.19. The molecule has 4 heteroatoms. The maximum Gasteiger partial charge on any atom is 0.239 e. The molecule has 2 rings (SSSR count). The molecule has 104 valence electrons. The van der Waals surface area contributed by atoms with Crippen molar-refractivity contribution in [3.05, 3.63) is 29.8 Å². The molecule has 0 aliphatic carbocycles. The van der Waals surface area contributed by atoms with E-state index in [2.05, 4.69) is 53.6 Å². The minimum absolute atomic E-state index is 0.105. The molecule has 1 saturated heterocycles. The Balaban J connectivity index is 1.99. The molecule has 0 bridgehead atoms. The highest BCUT2D eigenvalue weighted by Gasteiger charge is 2.16. The van der Waals surface area contributed by atoms with Crippen LogP contribution in [0.2, 0.25) is 0 Å². The predicted octanol–water partition coefficient (Wildman–Crippen LogP) is 1.68. The smallest absolute Gasteiger partial charge is 0.239 e. The van der Waals surface area contributed by atoms with Crippen molar-refractivity contribution in [2.24, 2.45) is 0 Å². The summed E-state index contributed by atoms with van der Waals surface area (Å²) < 4.78 is 0. The topological polar surface area (TPSA) is 44.4 Å². The Kier molecular flexibility index (Phi) is 4.80. The van der Waals surface area contributed by atoms with E-state index in [9.17, 15) is 4.79 Å². The van der Waals surface area contributed by atoms with Gasteiger partial charge in [0, 0.05) is 24.8 Å². The maximum absolute atomic E-state index is 11.4. The normalized spacial score (nSPS) is 17.2. The molecular weight excluding hydrogens is 238 g/mol. The molecular formula is C15H23N3O. The van der Waals surface area contributed by atoms with Crippen molar-refractivity contribution >= 4 is 11.6 Å². The van der Waals surface area contributed by atoms with E-state index >= 15 is 0 Å². The van der Waals surface area contributed by atoms with Crippen molar-refractivity contribution in [1.29, 1.82) is 0 Å². The van der Waals surface area contributed by atoms with Crippen LogP contribution in [0.25, 0.3) is 0 Å². The van der Waals surface area contributed by atoms with Gasteiger partial charge >= 0.3 is 0 Å². The third-order valence-electron chi connectivity index (χ3n) is 3.50. The third-order valence-corrected chi connectivity index (χ3v) is 3.50. The summed E-state index contributed by atoms with van der Waals surface area (Å²) in [5.74, 6) is 0.105. The Morgan fingerprint density at radius 3 is 2.74 bits per heavy atom. The molecule has 1 aromatic rings. The number of carbonyl (C=O) groups excluding carboxylic acids is 1. The van der Waals surface area contributed by atoms with Crippen LogP contribution in [-0.4, -0.2) is 32.1 Å². The van der Waals surface area contributed by atoms with Crippen molar-refractivity contribution in [1.82, 2.24) is 10.6 Å². The van der Waals surface area contributed by atoms with Gasteiger partial charge in [0.1, 0.15) is 0 Å². The van der Waals surface area contributed by atoms with E-state index in [4.69, 9.17) is 0 Å². The SMILES string of the molecule is CCCNC(C)c1ccc(N2CCNC(=O)C2)cc1. The number of piperazine rings is 1. The van der Waals surface area contributed by atoms with Crippen molar-refractivity contribution in [2.45, 2.75) is 26.3 Å². The van der Waals surface area contributed by atoms with Gasteiger partial charge in [-0.3, -0.25) is 4.79 Å². The van der Waals surface area contributed by atoms with E-state index in [-0.39, 0.29) is 5.91 Å². The maximum atomic E-state index is 11.4. The molecule has 2 N–H and O–H groups in total. The molecule has 4 nitrogen and oxygen atoms in total. The molecule has 0 radical (unpaired) electrons. The highest BCUT2D eigenvalue weighted by atomic mass is 16.2. The van der Waals surface area contributed by atoms with Gasteiger partial charge in [0.15, 0.2) is 0 Å². The quantitative estimate of drug-likeness (QED) is 0.847. The summed E-state index contributed by atoms with van der Waals surface area (Å²) in [6, 6.07) is 8.89. The second kappa shape index (κ2) is 6.57. The van der Waals surface area contributed by atoms with Crippen LogP contribution in [0.1, 0.15) is 31.9 Å². The van der Waals surface area contributed by atoms with Gasteiger partial charge < -0.3 is 15.5 Å². The van der Waals surface area contributed by atoms with Crippen LogP contribution >= 0.6 is 0 Å². The first-order chi connectivity index (χ1) is 9.20. The minimum atomic E-state index is 0.105. The van der Waals surface area contributed by atoms with Gasteiger partial charge in [-0.25, -0.2) is 0 Å². The number of amides is 1. The predicted molar refractivity (Wildman–Crippen MR) is 78.4 cm³/mol. The van der Waals surface area contributed by atoms with Gasteiger partial charge in [0.05, 0.1) is 6.54 Å². The summed E-state index contributed by atoms with van der Waals surface area (Å²) in [5.41, 5.74) is 2.42. The number of rotatable bonds is 5. The minimum Gasteiger partial charge on any atom is -0.360 e. The molecule has 1 unspecified atom stereocenters. The molecule has 19 heavy (non-hydrogen) atoms. The lowest BCUT2D eigenvalue weighted by atomic mass is 10.1. The van der Waals surface area contributed by atoms with Crippen LogP contribution in [0.3, 0.4) is 0 Å². The van der Waals surface area contributed by atoms with Gasteiger partial charge in [-0.2, -0.15) is 0 Å². The number of carbonyl (C=O) groups is 1. The summed E-state index contributed by atoms with van der Waals surface area (Å²) in [6.45, 7) is 7.46. The van der Waals surface area contributed by atoms with Crippen LogP contribution in [0.4, 0.5) is 5.69 Å². The summed E-state index contributed by atoms with van der Waals surface area (Å²) in [5, 5.41) is 6.32. The van der Waals surface area contributed by atoms with Gasteiger partial charge in [-0.05, 0) is 37.6 Å². The molecule has 1 aliphatic rings. The van der Waals surface area contributed by atoms with Crippen LogP contribution < -0.4 is 15.5 Å². The fraction of sp³-hybridized carbons (Fsp3) is 0.533. The fourth-order valence-corrected chi connectivity index (χ4v) is 2.31. The second-order valence-electron chi connectivity index (χ2n) is 5.04.